The van der Waals surface area contributed by atoms with E-state index in [4.69, 9.17) is 10.00 Å². The molecule has 0 radical (unpaired) electrons. The predicted octanol–water partition coefficient (Wildman–Crippen LogP) is 1.47. The van der Waals surface area contributed by atoms with E-state index in [9.17, 15) is 4.79 Å². The van der Waals surface area contributed by atoms with Crippen LogP contribution >= 0.6 is 0 Å². The van der Waals surface area contributed by atoms with Gasteiger partial charge in [-0.15, -0.1) is 0 Å². The first-order chi connectivity index (χ1) is 6.93. The fourth-order valence-electron chi connectivity index (χ4n) is 1.27. The van der Waals surface area contributed by atoms with Gasteiger partial charge in [0.05, 0.1) is 13.2 Å². The fourth-order valence-corrected chi connectivity index (χ4v) is 1.27. The SMILES string of the molecule is COC(=O)[C@@H](NCCCC#N)C(C)(C)C. The molecule has 0 aromatic rings. The summed E-state index contributed by atoms with van der Waals surface area (Å²) in [5, 5.41) is 11.5. The van der Waals surface area contributed by atoms with E-state index < -0.39 is 0 Å². The molecule has 0 heterocycles. The summed E-state index contributed by atoms with van der Waals surface area (Å²) in [6.07, 6.45) is 1.26. The fraction of sp³-hybridized carbons (Fsp3) is 0.818. The number of carbonyl (C=O) groups is 1. The first-order valence-corrected chi connectivity index (χ1v) is 5.11. The molecule has 4 nitrogen and oxygen atoms in total. The first kappa shape index (κ1) is 13.9. The van der Waals surface area contributed by atoms with Gasteiger partial charge in [-0.2, -0.15) is 5.26 Å². The number of nitriles is 1. The van der Waals surface area contributed by atoms with Crippen molar-refractivity contribution >= 4 is 5.97 Å². The minimum absolute atomic E-state index is 0.181. The largest absolute Gasteiger partial charge is 0.468 e. The molecule has 0 amide bonds. The second-order valence-corrected chi connectivity index (χ2v) is 4.54. The van der Waals surface area contributed by atoms with Crippen molar-refractivity contribution in [1.82, 2.24) is 5.32 Å². The third kappa shape index (κ3) is 5.38. The van der Waals surface area contributed by atoms with E-state index in [0.717, 1.165) is 6.42 Å². The summed E-state index contributed by atoms with van der Waals surface area (Å²) in [6, 6.07) is 1.75. The highest BCUT2D eigenvalue weighted by Crippen LogP contribution is 2.20. The van der Waals surface area contributed by atoms with E-state index in [0.29, 0.717) is 13.0 Å². The van der Waals surface area contributed by atoms with Crippen LogP contribution in [-0.4, -0.2) is 25.7 Å². The van der Waals surface area contributed by atoms with Gasteiger partial charge in [0.1, 0.15) is 6.04 Å². The van der Waals surface area contributed by atoms with Crippen LogP contribution in [0.1, 0.15) is 33.6 Å². The van der Waals surface area contributed by atoms with Crippen molar-refractivity contribution < 1.29 is 9.53 Å². The Balaban J connectivity index is 4.16. The topological polar surface area (TPSA) is 62.1 Å². The molecule has 0 rings (SSSR count). The lowest BCUT2D eigenvalue weighted by molar-refractivity contribution is -0.146. The molecule has 0 spiro atoms. The molecule has 15 heavy (non-hydrogen) atoms. The second kappa shape index (κ2) is 6.41. The number of methoxy groups -OCH3 is 1. The molecular formula is C11H20N2O2. The van der Waals surface area contributed by atoms with E-state index >= 15 is 0 Å². The van der Waals surface area contributed by atoms with Crippen LogP contribution in [0.5, 0.6) is 0 Å². The number of esters is 1. The summed E-state index contributed by atoms with van der Waals surface area (Å²) < 4.78 is 4.73. The van der Waals surface area contributed by atoms with Crippen molar-refractivity contribution in [2.75, 3.05) is 13.7 Å². The molecule has 0 aliphatic rings. The van der Waals surface area contributed by atoms with Gasteiger partial charge in [-0.25, -0.2) is 0 Å². The minimum Gasteiger partial charge on any atom is -0.468 e. The van der Waals surface area contributed by atoms with Crippen LogP contribution in [0, 0.1) is 16.7 Å². The number of rotatable bonds is 5. The average Bonchev–Trinajstić information content (AvgIpc) is 2.15. The maximum absolute atomic E-state index is 11.5. The van der Waals surface area contributed by atoms with E-state index in [1.54, 1.807) is 0 Å². The van der Waals surface area contributed by atoms with E-state index in [-0.39, 0.29) is 17.4 Å². The Morgan fingerprint density at radius 1 is 1.53 bits per heavy atom. The number of hydrogen-bond acceptors (Lipinski definition) is 4. The van der Waals surface area contributed by atoms with Crippen LogP contribution in [0.2, 0.25) is 0 Å². The highest BCUT2D eigenvalue weighted by molar-refractivity contribution is 5.76. The summed E-state index contributed by atoms with van der Waals surface area (Å²) in [5.74, 6) is -0.251. The molecule has 86 valence electrons. The Kier molecular flexibility index (Phi) is 5.95. The number of nitrogens with one attached hydrogen (secondary N) is 1. The number of nitrogens with zero attached hydrogens (tertiary/aromatic N) is 1. The number of hydrogen-bond donors (Lipinski definition) is 1. The average molecular weight is 212 g/mol. The molecule has 4 heteroatoms. The van der Waals surface area contributed by atoms with Gasteiger partial charge in [0.15, 0.2) is 0 Å². The van der Waals surface area contributed by atoms with E-state index in [1.165, 1.54) is 7.11 Å². The van der Waals surface area contributed by atoms with Crippen LogP contribution in [0.25, 0.3) is 0 Å². The van der Waals surface area contributed by atoms with Gasteiger partial charge in [-0.05, 0) is 18.4 Å². The van der Waals surface area contributed by atoms with Gasteiger partial charge < -0.3 is 10.1 Å². The summed E-state index contributed by atoms with van der Waals surface area (Å²) in [4.78, 5) is 11.5. The lowest BCUT2D eigenvalue weighted by atomic mass is 9.86. The number of carbonyl (C=O) groups excluding carboxylic acids is 1. The van der Waals surface area contributed by atoms with Crippen molar-refractivity contribution in [3.8, 4) is 6.07 Å². The van der Waals surface area contributed by atoms with Crippen LogP contribution in [0.15, 0.2) is 0 Å². The molecule has 0 aromatic carbocycles. The van der Waals surface area contributed by atoms with Crippen molar-refractivity contribution in [2.24, 2.45) is 5.41 Å². The quantitative estimate of drug-likeness (QED) is 0.553. The molecule has 0 unspecified atom stereocenters. The van der Waals surface area contributed by atoms with E-state index in [1.807, 2.05) is 20.8 Å². The van der Waals surface area contributed by atoms with Crippen molar-refractivity contribution in [2.45, 2.75) is 39.7 Å². The van der Waals surface area contributed by atoms with Gasteiger partial charge in [0.2, 0.25) is 0 Å². The molecule has 1 N–H and O–H groups in total. The van der Waals surface area contributed by atoms with E-state index in [2.05, 4.69) is 11.4 Å². The lowest BCUT2D eigenvalue weighted by Crippen LogP contribution is -2.47. The maximum atomic E-state index is 11.5. The Labute approximate surface area is 91.6 Å². The van der Waals surface area contributed by atoms with Crippen LogP contribution in [0.4, 0.5) is 0 Å². The third-order valence-electron chi connectivity index (χ3n) is 2.12. The zero-order valence-electron chi connectivity index (χ0n) is 9.96. The highest BCUT2D eigenvalue weighted by Gasteiger charge is 2.31. The number of ether oxygens (including phenoxy) is 1. The zero-order chi connectivity index (χ0) is 11.9. The molecule has 0 saturated heterocycles. The maximum Gasteiger partial charge on any atom is 0.323 e. The molecule has 0 saturated carbocycles. The van der Waals surface area contributed by atoms with Crippen LogP contribution < -0.4 is 5.32 Å². The minimum atomic E-state index is -0.318. The van der Waals surface area contributed by atoms with Crippen LogP contribution in [0.3, 0.4) is 0 Å². The molecule has 0 fully saturated rings. The molecule has 1 atom stereocenters. The molecule has 0 aliphatic carbocycles. The first-order valence-electron chi connectivity index (χ1n) is 5.11. The smallest absolute Gasteiger partial charge is 0.323 e. The normalized spacial score (nSPS) is 13.0. The third-order valence-corrected chi connectivity index (χ3v) is 2.12. The molecule has 0 bridgehead atoms. The summed E-state index contributed by atoms with van der Waals surface area (Å²) in [5.41, 5.74) is -0.181. The summed E-state index contributed by atoms with van der Waals surface area (Å²) in [7, 11) is 1.39. The Morgan fingerprint density at radius 2 is 2.13 bits per heavy atom. The lowest BCUT2D eigenvalue weighted by Gasteiger charge is -2.29. The molecule has 0 aromatic heterocycles. The van der Waals surface area contributed by atoms with Gasteiger partial charge in [0, 0.05) is 6.42 Å². The zero-order valence-corrected chi connectivity index (χ0v) is 9.96. The van der Waals surface area contributed by atoms with Crippen molar-refractivity contribution in [3.05, 3.63) is 0 Å². The Hall–Kier alpha value is -1.08. The standard InChI is InChI=1S/C11H20N2O2/c1-11(2,3)9(10(14)15-4)13-8-6-5-7-12/h9,13H,5-6,8H2,1-4H3/t9-/m1/s1. The second-order valence-electron chi connectivity index (χ2n) is 4.54. The molecular weight excluding hydrogens is 192 g/mol. The summed E-state index contributed by atoms with van der Waals surface area (Å²) >= 11 is 0. The van der Waals surface area contributed by atoms with Gasteiger partial charge in [-0.1, -0.05) is 20.8 Å². The van der Waals surface area contributed by atoms with Gasteiger partial charge >= 0.3 is 5.97 Å². The predicted molar refractivity (Wildman–Crippen MR) is 58.1 cm³/mol. The van der Waals surface area contributed by atoms with Gasteiger partial charge in [0.25, 0.3) is 0 Å². The molecule has 0 aliphatic heterocycles. The Morgan fingerprint density at radius 3 is 2.53 bits per heavy atom. The number of unbranched alkanes of at least 4 members (excludes halogenated alkanes) is 1. The Bertz CT molecular complexity index is 238. The highest BCUT2D eigenvalue weighted by atomic mass is 16.5. The van der Waals surface area contributed by atoms with Crippen molar-refractivity contribution in [1.29, 1.82) is 5.26 Å². The van der Waals surface area contributed by atoms with Crippen LogP contribution in [-0.2, 0) is 9.53 Å². The van der Waals surface area contributed by atoms with Gasteiger partial charge in [-0.3, -0.25) is 4.79 Å². The van der Waals surface area contributed by atoms with Crippen molar-refractivity contribution in [3.63, 3.8) is 0 Å². The summed E-state index contributed by atoms with van der Waals surface area (Å²) in [6.45, 7) is 6.59. The monoisotopic (exact) mass is 212 g/mol.